The number of hydrogen-bond acceptors (Lipinski definition) is 7. The quantitative estimate of drug-likeness (QED) is 0.491. The molecule has 174 valence electrons. The molecule has 1 aliphatic heterocycles. The number of carbonyl (C=O) groups excluding carboxylic acids is 1. The van der Waals surface area contributed by atoms with E-state index in [1.165, 1.54) is 11.5 Å². The van der Waals surface area contributed by atoms with Crippen molar-refractivity contribution in [2.75, 3.05) is 38.3 Å². The van der Waals surface area contributed by atoms with Gasteiger partial charge in [-0.05, 0) is 42.0 Å². The van der Waals surface area contributed by atoms with Gasteiger partial charge in [0.25, 0.3) is 0 Å². The van der Waals surface area contributed by atoms with Crippen LogP contribution in [0, 0.1) is 5.92 Å². The Hall–Kier alpha value is -2.97. The van der Waals surface area contributed by atoms with E-state index in [-0.39, 0.29) is 12.5 Å². The van der Waals surface area contributed by atoms with Crippen molar-refractivity contribution in [3.05, 3.63) is 71.5 Å². The molecule has 7 nitrogen and oxygen atoms in total. The van der Waals surface area contributed by atoms with Crippen molar-refractivity contribution in [1.29, 1.82) is 0 Å². The molecule has 8 heteroatoms. The molecule has 4 rings (SSSR count). The average molecular weight is 467 g/mol. The van der Waals surface area contributed by atoms with Gasteiger partial charge < -0.3 is 19.7 Å². The van der Waals surface area contributed by atoms with Crippen LogP contribution in [-0.4, -0.2) is 48.6 Å². The summed E-state index contributed by atoms with van der Waals surface area (Å²) in [6, 6.07) is 17.9. The predicted molar refractivity (Wildman–Crippen MR) is 130 cm³/mol. The smallest absolute Gasteiger partial charge is 0.246 e. The van der Waals surface area contributed by atoms with Crippen molar-refractivity contribution in [2.45, 2.75) is 25.9 Å². The summed E-state index contributed by atoms with van der Waals surface area (Å²) in [5, 5.41) is 3.99. The predicted octanol–water partition coefficient (Wildman–Crippen LogP) is 3.69. The first-order chi connectivity index (χ1) is 16.2. The summed E-state index contributed by atoms with van der Waals surface area (Å²) >= 11 is 1.46. The third-order valence-electron chi connectivity index (χ3n) is 5.77. The zero-order valence-corrected chi connectivity index (χ0v) is 19.7. The Morgan fingerprint density at radius 2 is 1.91 bits per heavy atom. The average Bonchev–Trinajstić information content (AvgIpc) is 3.32. The van der Waals surface area contributed by atoms with Gasteiger partial charge in [0.05, 0.1) is 13.7 Å². The first-order valence-corrected chi connectivity index (χ1v) is 12.1. The van der Waals surface area contributed by atoms with Gasteiger partial charge in [-0.1, -0.05) is 42.5 Å². The van der Waals surface area contributed by atoms with Gasteiger partial charge in [0.15, 0.2) is 0 Å². The molecule has 0 spiro atoms. The van der Waals surface area contributed by atoms with E-state index in [2.05, 4.69) is 20.7 Å². The second-order valence-electron chi connectivity index (χ2n) is 8.23. The third kappa shape index (κ3) is 7.00. The monoisotopic (exact) mass is 466 g/mol. The van der Waals surface area contributed by atoms with Crippen LogP contribution < -0.4 is 15.0 Å². The summed E-state index contributed by atoms with van der Waals surface area (Å²) in [6.07, 6.45) is 2.74. The van der Waals surface area contributed by atoms with E-state index in [4.69, 9.17) is 14.5 Å². The van der Waals surface area contributed by atoms with Crippen LogP contribution in [0.15, 0.2) is 54.6 Å². The van der Waals surface area contributed by atoms with Crippen LogP contribution in [0.4, 0.5) is 5.13 Å². The van der Waals surface area contributed by atoms with Crippen LogP contribution in [-0.2, 0) is 22.6 Å². The summed E-state index contributed by atoms with van der Waals surface area (Å²) in [6.45, 7) is 3.10. The highest BCUT2D eigenvalue weighted by Crippen LogP contribution is 2.25. The molecule has 0 atom stereocenters. The molecule has 1 fully saturated rings. The summed E-state index contributed by atoms with van der Waals surface area (Å²) in [5.41, 5.74) is 2.21. The van der Waals surface area contributed by atoms with Crippen molar-refractivity contribution in [1.82, 2.24) is 14.7 Å². The fraction of sp³-hybridized carbons (Fsp3) is 0.400. The summed E-state index contributed by atoms with van der Waals surface area (Å²) < 4.78 is 15.4. The number of nitrogens with one attached hydrogen (secondary N) is 1. The van der Waals surface area contributed by atoms with Crippen molar-refractivity contribution in [3.63, 3.8) is 0 Å². The van der Waals surface area contributed by atoms with Gasteiger partial charge in [-0.25, -0.2) is 4.98 Å². The number of rotatable bonds is 10. The van der Waals surface area contributed by atoms with Crippen molar-refractivity contribution in [3.8, 4) is 5.75 Å². The maximum atomic E-state index is 12.1. The number of methoxy groups -OCH3 is 1. The SMILES string of the molecule is COc1cccc(Cc2nsc(N3CCC(CNC(=O)COCc4ccccc4)CC3)n2)c1. The third-order valence-corrected chi connectivity index (χ3v) is 6.59. The lowest BCUT2D eigenvalue weighted by Gasteiger charge is -2.31. The molecular weight excluding hydrogens is 436 g/mol. The van der Waals surface area contributed by atoms with E-state index in [1.54, 1.807) is 7.11 Å². The minimum Gasteiger partial charge on any atom is -0.497 e. The van der Waals surface area contributed by atoms with E-state index in [0.29, 0.717) is 25.5 Å². The number of carbonyl (C=O) groups is 1. The molecule has 1 N–H and O–H groups in total. The highest BCUT2D eigenvalue weighted by Gasteiger charge is 2.22. The van der Waals surface area contributed by atoms with E-state index in [1.807, 2.05) is 48.5 Å². The molecule has 0 aliphatic carbocycles. The molecule has 0 radical (unpaired) electrons. The minimum absolute atomic E-state index is 0.0559. The molecule has 1 saturated heterocycles. The number of piperidine rings is 1. The van der Waals surface area contributed by atoms with Crippen LogP contribution in [0.2, 0.25) is 0 Å². The Balaban J connectivity index is 1.16. The molecule has 2 heterocycles. The number of anilines is 1. The van der Waals surface area contributed by atoms with Gasteiger partial charge in [-0.15, -0.1) is 0 Å². The van der Waals surface area contributed by atoms with Crippen molar-refractivity contribution in [2.24, 2.45) is 5.92 Å². The number of ether oxygens (including phenoxy) is 2. The molecule has 1 amide bonds. The topological polar surface area (TPSA) is 76.6 Å². The number of hydrogen-bond donors (Lipinski definition) is 1. The maximum absolute atomic E-state index is 12.1. The van der Waals surface area contributed by atoms with Gasteiger partial charge in [0.1, 0.15) is 18.2 Å². The molecule has 1 aliphatic rings. The molecule has 33 heavy (non-hydrogen) atoms. The van der Waals surface area contributed by atoms with Crippen LogP contribution in [0.5, 0.6) is 5.75 Å². The lowest BCUT2D eigenvalue weighted by Crippen LogP contribution is -2.39. The first kappa shape index (κ1) is 23.2. The summed E-state index contributed by atoms with van der Waals surface area (Å²) in [5.74, 6) is 2.11. The zero-order chi connectivity index (χ0) is 22.9. The van der Waals surface area contributed by atoms with Crippen molar-refractivity contribution >= 4 is 22.6 Å². The molecule has 0 bridgehead atoms. The van der Waals surface area contributed by atoms with E-state index >= 15 is 0 Å². The second-order valence-corrected chi connectivity index (χ2v) is 8.96. The Kier molecular flexibility index (Phi) is 8.27. The van der Waals surface area contributed by atoms with Crippen LogP contribution in [0.1, 0.15) is 29.8 Å². The minimum atomic E-state index is -0.0559. The van der Waals surface area contributed by atoms with Gasteiger partial charge >= 0.3 is 0 Å². The zero-order valence-electron chi connectivity index (χ0n) is 18.9. The van der Waals surface area contributed by atoms with Gasteiger partial charge in [0, 0.05) is 37.6 Å². The number of aromatic nitrogens is 2. The summed E-state index contributed by atoms with van der Waals surface area (Å²) in [7, 11) is 1.67. The first-order valence-electron chi connectivity index (χ1n) is 11.3. The van der Waals surface area contributed by atoms with Crippen LogP contribution in [0.25, 0.3) is 0 Å². The van der Waals surface area contributed by atoms with Crippen LogP contribution in [0.3, 0.4) is 0 Å². The highest BCUT2D eigenvalue weighted by atomic mass is 32.1. The van der Waals surface area contributed by atoms with E-state index in [0.717, 1.165) is 53.8 Å². The Morgan fingerprint density at radius 1 is 1.12 bits per heavy atom. The van der Waals surface area contributed by atoms with Crippen molar-refractivity contribution < 1.29 is 14.3 Å². The van der Waals surface area contributed by atoms with Crippen LogP contribution >= 0.6 is 11.5 Å². The van der Waals surface area contributed by atoms with Gasteiger partial charge in [0.2, 0.25) is 11.0 Å². The lowest BCUT2D eigenvalue weighted by atomic mass is 9.97. The molecule has 0 saturated carbocycles. The van der Waals surface area contributed by atoms with E-state index < -0.39 is 0 Å². The molecular formula is C25H30N4O3S. The summed E-state index contributed by atoms with van der Waals surface area (Å²) in [4.78, 5) is 19.1. The number of benzene rings is 2. The van der Waals surface area contributed by atoms with Gasteiger partial charge in [-0.2, -0.15) is 4.37 Å². The second kappa shape index (κ2) is 11.8. The lowest BCUT2D eigenvalue weighted by molar-refractivity contribution is -0.126. The number of amides is 1. The maximum Gasteiger partial charge on any atom is 0.246 e. The van der Waals surface area contributed by atoms with E-state index in [9.17, 15) is 4.79 Å². The molecule has 0 unspecified atom stereocenters. The fourth-order valence-electron chi connectivity index (χ4n) is 3.88. The largest absolute Gasteiger partial charge is 0.497 e. The molecule has 2 aromatic carbocycles. The Morgan fingerprint density at radius 3 is 2.70 bits per heavy atom. The fourth-order valence-corrected chi connectivity index (χ4v) is 4.62. The molecule has 1 aromatic heterocycles. The Bertz CT molecular complexity index is 1020. The Labute approximate surface area is 198 Å². The normalized spacial score (nSPS) is 14.3. The highest BCUT2D eigenvalue weighted by molar-refractivity contribution is 7.09. The van der Waals surface area contributed by atoms with Gasteiger partial charge in [-0.3, -0.25) is 4.79 Å². The number of nitrogens with zero attached hydrogens (tertiary/aromatic N) is 3. The molecule has 3 aromatic rings. The standard InChI is InChI=1S/C25H30N4O3S/c1-31-22-9-5-8-21(14-22)15-23-27-25(33-28-23)29-12-10-19(11-13-29)16-26-24(30)18-32-17-20-6-3-2-4-7-20/h2-9,14,19H,10-13,15-18H2,1H3,(H,26,30).